The number of nitrogens with zero attached hydrogens (tertiary/aromatic N) is 2. The molecule has 0 atom stereocenters. The summed E-state index contributed by atoms with van der Waals surface area (Å²) in [6.07, 6.45) is 3.69. The fraction of sp³-hybridized carbons (Fsp3) is 0.357. The zero-order chi connectivity index (χ0) is 14.0. The zero-order valence-corrected chi connectivity index (χ0v) is 13.6. The molecule has 0 spiro atoms. The second-order valence-electron chi connectivity index (χ2n) is 5.45. The fourth-order valence-electron chi connectivity index (χ4n) is 1.70. The van der Waals surface area contributed by atoms with Crippen molar-refractivity contribution in [1.82, 2.24) is 14.9 Å². The Kier molecular flexibility index (Phi) is 4.33. The number of nitrogens with one attached hydrogen (secondary N) is 1. The molecular formula is C14H17BrClN3. The number of aromatic nitrogens is 2. The minimum absolute atomic E-state index is 0.0757. The topological polar surface area (TPSA) is 29.9 Å². The van der Waals surface area contributed by atoms with Gasteiger partial charge in [0.05, 0.1) is 17.7 Å². The predicted molar refractivity (Wildman–Crippen MR) is 82.9 cm³/mol. The maximum atomic E-state index is 5.97. The Labute approximate surface area is 127 Å². The summed E-state index contributed by atoms with van der Waals surface area (Å²) in [6, 6.07) is 5.75. The van der Waals surface area contributed by atoms with Gasteiger partial charge < -0.3 is 9.88 Å². The molecule has 5 heteroatoms. The average molecular weight is 343 g/mol. The van der Waals surface area contributed by atoms with Crippen molar-refractivity contribution in [3.8, 4) is 5.69 Å². The lowest BCUT2D eigenvalue weighted by molar-refractivity contribution is 0.419. The molecule has 2 rings (SSSR count). The molecule has 0 radical (unpaired) electrons. The Hall–Kier alpha value is -0.840. The molecule has 1 N–H and O–H groups in total. The van der Waals surface area contributed by atoms with Crippen LogP contribution in [0.2, 0.25) is 5.02 Å². The second kappa shape index (κ2) is 5.65. The quantitative estimate of drug-likeness (QED) is 0.907. The summed E-state index contributed by atoms with van der Waals surface area (Å²) in [6.45, 7) is 7.20. The van der Waals surface area contributed by atoms with Crippen molar-refractivity contribution in [2.45, 2.75) is 32.9 Å². The van der Waals surface area contributed by atoms with Crippen molar-refractivity contribution in [3.05, 3.63) is 45.9 Å². The summed E-state index contributed by atoms with van der Waals surface area (Å²) < 4.78 is 3.01. The van der Waals surface area contributed by atoms with Crippen LogP contribution in [0.25, 0.3) is 5.69 Å². The van der Waals surface area contributed by atoms with E-state index in [1.54, 1.807) is 0 Å². The van der Waals surface area contributed by atoms with Crippen LogP contribution in [0.1, 0.15) is 26.5 Å². The number of hydrogen-bond acceptors (Lipinski definition) is 2. The predicted octanol–water partition coefficient (Wildman–Crippen LogP) is 4.18. The fourth-order valence-corrected chi connectivity index (χ4v) is 2.58. The van der Waals surface area contributed by atoms with Gasteiger partial charge in [0.25, 0.3) is 0 Å². The van der Waals surface area contributed by atoms with Crippen LogP contribution in [-0.2, 0) is 6.54 Å². The van der Waals surface area contributed by atoms with Gasteiger partial charge in [-0.05, 0) is 54.9 Å². The lowest BCUT2D eigenvalue weighted by Gasteiger charge is -2.21. The lowest BCUT2D eigenvalue weighted by atomic mass is 10.1. The lowest BCUT2D eigenvalue weighted by Crippen LogP contribution is -2.35. The molecule has 0 saturated heterocycles. The molecule has 1 aromatic carbocycles. The van der Waals surface area contributed by atoms with Crippen LogP contribution in [-0.4, -0.2) is 15.1 Å². The van der Waals surface area contributed by atoms with Crippen molar-refractivity contribution in [1.29, 1.82) is 0 Å². The van der Waals surface area contributed by atoms with E-state index in [-0.39, 0.29) is 5.54 Å². The van der Waals surface area contributed by atoms with Gasteiger partial charge in [-0.25, -0.2) is 4.98 Å². The maximum absolute atomic E-state index is 5.97. The maximum Gasteiger partial charge on any atom is 0.0995 e. The third-order valence-electron chi connectivity index (χ3n) is 2.68. The van der Waals surface area contributed by atoms with E-state index in [0.29, 0.717) is 5.02 Å². The first kappa shape index (κ1) is 14.6. The monoisotopic (exact) mass is 341 g/mol. The zero-order valence-electron chi connectivity index (χ0n) is 11.2. The van der Waals surface area contributed by atoms with Crippen molar-refractivity contribution in [2.75, 3.05) is 0 Å². The van der Waals surface area contributed by atoms with Gasteiger partial charge in [-0.1, -0.05) is 11.6 Å². The van der Waals surface area contributed by atoms with Gasteiger partial charge in [0.1, 0.15) is 0 Å². The molecule has 0 aliphatic heterocycles. The van der Waals surface area contributed by atoms with Crippen LogP contribution >= 0.6 is 27.5 Å². The standard InChI is InChI=1S/C14H17BrClN3/c1-14(2,3)18-8-11-7-17-9-19(11)13-5-4-10(16)6-12(13)15/h4-7,9,18H,8H2,1-3H3. The highest BCUT2D eigenvalue weighted by Gasteiger charge is 2.12. The molecule has 0 amide bonds. The third kappa shape index (κ3) is 3.81. The largest absolute Gasteiger partial charge is 0.306 e. The smallest absolute Gasteiger partial charge is 0.0995 e. The molecule has 1 aromatic heterocycles. The molecule has 0 saturated carbocycles. The van der Waals surface area contributed by atoms with Gasteiger partial charge in [-0.2, -0.15) is 0 Å². The molecule has 19 heavy (non-hydrogen) atoms. The molecular weight excluding hydrogens is 326 g/mol. The van der Waals surface area contributed by atoms with Crippen LogP contribution in [0.3, 0.4) is 0 Å². The average Bonchev–Trinajstić information content (AvgIpc) is 2.73. The molecule has 0 unspecified atom stereocenters. The van der Waals surface area contributed by atoms with Crippen LogP contribution in [0.15, 0.2) is 35.2 Å². The van der Waals surface area contributed by atoms with E-state index in [1.165, 1.54) is 0 Å². The highest BCUT2D eigenvalue weighted by Crippen LogP contribution is 2.25. The van der Waals surface area contributed by atoms with Crippen molar-refractivity contribution in [2.24, 2.45) is 0 Å². The molecule has 0 fully saturated rings. The Balaban J connectivity index is 2.28. The van der Waals surface area contributed by atoms with Gasteiger partial charge in [-0.3, -0.25) is 0 Å². The Morgan fingerprint density at radius 3 is 2.74 bits per heavy atom. The molecule has 1 heterocycles. The number of benzene rings is 1. The van der Waals surface area contributed by atoms with E-state index in [0.717, 1.165) is 22.4 Å². The number of imidazole rings is 1. The minimum Gasteiger partial charge on any atom is -0.306 e. The molecule has 0 bridgehead atoms. The normalized spacial score (nSPS) is 11.8. The van der Waals surface area contributed by atoms with Gasteiger partial charge in [0.15, 0.2) is 0 Å². The van der Waals surface area contributed by atoms with Crippen molar-refractivity contribution in [3.63, 3.8) is 0 Å². The van der Waals surface area contributed by atoms with E-state index in [1.807, 2.05) is 30.7 Å². The first-order chi connectivity index (χ1) is 8.87. The van der Waals surface area contributed by atoms with E-state index in [9.17, 15) is 0 Å². The van der Waals surface area contributed by atoms with Crippen LogP contribution in [0.5, 0.6) is 0 Å². The number of hydrogen-bond donors (Lipinski definition) is 1. The second-order valence-corrected chi connectivity index (χ2v) is 6.75. The summed E-state index contributed by atoms with van der Waals surface area (Å²) in [5.74, 6) is 0. The molecule has 0 aliphatic rings. The van der Waals surface area contributed by atoms with E-state index in [4.69, 9.17) is 11.6 Å². The summed E-state index contributed by atoms with van der Waals surface area (Å²) in [5, 5.41) is 4.18. The van der Waals surface area contributed by atoms with Crippen LogP contribution < -0.4 is 5.32 Å². The highest BCUT2D eigenvalue weighted by molar-refractivity contribution is 9.10. The van der Waals surface area contributed by atoms with Gasteiger partial charge in [0.2, 0.25) is 0 Å². The first-order valence-corrected chi connectivity index (χ1v) is 7.25. The van der Waals surface area contributed by atoms with Crippen molar-refractivity contribution < 1.29 is 0 Å². The molecule has 0 aliphatic carbocycles. The van der Waals surface area contributed by atoms with Gasteiger partial charge in [-0.15, -0.1) is 0 Å². The third-order valence-corrected chi connectivity index (χ3v) is 3.55. The van der Waals surface area contributed by atoms with E-state index >= 15 is 0 Å². The SMILES string of the molecule is CC(C)(C)NCc1cncn1-c1ccc(Cl)cc1Br. The Morgan fingerprint density at radius 2 is 2.11 bits per heavy atom. The summed E-state index contributed by atoms with van der Waals surface area (Å²) in [7, 11) is 0. The summed E-state index contributed by atoms with van der Waals surface area (Å²) in [4.78, 5) is 4.23. The summed E-state index contributed by atoms with van der Waals surface area (Å²) in [5.41, 5.74) is 2.22. The Bertz CT molecular complexity index is 572. The van der Waals surface area contributed by atoms with Gasteiger partial charge >= 0.3 is 0 Å². The molecule has 2 aromatic rings. The minimum atomic E-state index is 0.0757. The van der Waals surface area contributed by atoms with Gasteiger partial charge in [0, 0.05) is 27.8 Å². The first-order valence-electron chi connectivity index (χ1n) is 6.08. The van der Waals surface area contributed by atoms with E-state index < -0.39 is 0 Å². The van der Waals surface area contributed by atoms with E-state index in [2.05, 4.69) is 51.6 Å². The Morgan fingerprint density at radius 1 is 1.37 bits per heavy atom. The number of rotatable bonds is 3. The molecule has 3 nitrogen and oxygen atoms in total. The molecule has 102 valence electrons. The number of halogens is 2. The van der Waals surface area contributed by atoms with Crippen LogP contribution in [0.4, 0.5) is 0 Å². The van der Waals surface area contributed by atoms with Crippen LogP contribution in [0, 0.1) is 0 Å². The van der Waals surface area contributed by atoms with Crippen molar-refractivity contribution >= 4 is 27.5 Å². The summed E-state index contributed by atoms with van der Waals surface area (Å²) >= 11 is 9.51. The highest BCUT2D eigenvalue weighted by atomic mass is 79.9.